The van der Waals surface area contributed by atoms with Crippen LogP contribution in [0.1, 0.15) is 36.0 Å². The number of nitrogens with zero attached hydrogens (tertiary/aromatic N) is 1. The number of allylic oxidation sites excluding steroid dienone is 1. The lowest BCUT2D eigenvalue weighted by atomic mass is 9.83. The third kappa shape index (κ3) is 6.13. The van der Waals surface area contributed by atoms with Crippen molar-refractivity contribution in [1.82, 2.24) is 0 Å². The normalized spacial score (nSPS) is 13.2. The van der Waals surface area contributed by atoms with Crippen LogP contribution < -0.4 is 15.3 Å². The summed E-state index contributed by atoms with van der Waals surface area (Å²) in [4.78, 5) is 2.36. The molecule has 2 aliphatic rings. The van der Waals surface area contributed by atoms with Gasteiger partial charge in [-0.25, -0.2) is 0 Å². The Hall–Kier alpha value is -6.18. The van der Waals surface area contributed by atoms with E-state index in [0.717, 1.165) is 42.7 Å². The molecule has 0 radical (unpaired) electrons. The van der Waals surface area contributed by atoms with Crippen molar-refractivity contribution in [1.29, 1.82) is 0 Å². The molecule has 0 saturated carbocycles. The second-order valence-corrected chi connectivity index (χ2v) is 13.5. The van der Waals surface area contributed by atoms with Gasteiger partial charge in [0.25, 0.3) is 0 Å². The van der Waals surface area contributed by atoms with Gasteiger partial charge in [-0.2, -0.15) is 0 Å². The van der Waals surface area contributed by atoms with Crippen molar-refractivity contribution in [3.05, 3.63) is 203 Å². The van der Waals surface area contributed by atoms with Crippen LogP contribution in [0.3, 0.4) is 0 Å². The molecule has 2 aliphatic carbocycles. The average Bonchev–Trinajstić information content (AvgIpc) is 3.22. The van der Waals surface area contributed by atoms with Crippen molar-refractivity contribution in [2.45, 2.75) is 25.7 Å². The Bertz CT molecular complexity index is 2390. The Labute approximate surface area is 300 Å². The summed E-state index contributed by atoms with van der Waals surface area (Å²) in [5, 5.41) is 2.75. The van der Waals surface area contributed by atoms with Crippen molar-refractivity contribution < 1.29 is 0 Å². The van der Waals surface area contributed by atoms with Crippen molar-refractivity contribution in [2.24, 2.45) is 0 Å². The Morgan fingerprint density at radius 3 is 1.51 bits per heavy atom. The van der Waals surface area contributed by atoms with E-state index >= 15 is 0 Å². The third-order valence-corrected chi connectivity index (χ3v) is 10.4. The summed E-state index contributed by atoms with van der Waals surface area (Å²) in [6, 6.07) is 62.0. The van der Waals surface area contributed by atoms with E-state index in [1.54, 1.807) is 0 Å². The van der Waals surface area contributed by atoms with E-state index in [1.807, 2.05) is 0 Å². The van der Waals surface area contributed by atoms with E-state index in [-0.39, 0.29) is 0 Å². The van der Waals surface area contributed by atoms with E-state index in [1.165, 1.54) is 66.1 Å². The van der Waals surface area contributed by atoms with Crippen molar-refractivity contribution in [3.8, 4) is 33.4 Å². The van der Waals surface area contributed by atoms with Gasteiger partial charge in [-0.15, -0.1) is 0 Å². The summed E-state index contributed by atoms with van der Waals surface area (Å²) in [7, 11) is 0. The summed E-state index contributed by atoms with van der Waals surface area (Å²) in [5.74, 6) is 0. The maximum absolute atomic E-state index is 2.47. The van der Waals surface area contributed by atoms with Crippen LogP contribution in [0.25, 0.3) is 51.1 Å². The maximum Gasteiger partial charge on any atom is 0.0462 e. The summed E-state index contributed by atoms with van der Waals surface area (Å²) in [5.41, 5.74) is 16.5. The van der Waals surface area contributed by atoms with Gasteiger partial charge in [0.05, 0.1) is 0 Å². The zero-order valence-electron chi connectivity index (χ0n) is 28.7. The lowest BCUT2D eigenvalue weighted by Gasteiger charge is -2.26. The fraction of sp³-hybridized carbons (Fsp3) is 0.0800. The molecule has 1 nitrogen and oxygen atoms in total. The summed E-state index contributed by atoms with van der Waals surface area (Å²) in [6.07, 6.45) is 11.4. The zero-order chi connectivity index (χ0) is 34.0. The summed E-state index contributed by atoms with van der Waals surface area (Å²) in [6.45, 7) is 0. The lowest BCUT2D eigenvalue weighted by Crippen LogP contribution is -2.29. The van der Waals surface area contributed by atoms with Crippen LogP contribution in [0.2, 0.25) is 0 Å². The van der Waals surface area contributed by atoms with Gasteiger partial charge in [-0.05, 0) is 140 Å². The molecular formula is C50H39N. The highest BCUT2D eigenvalue weighted by molar-refractivity contribution is 5.84. The number of rotatable bonds is 7. The molecule has 9 rings (SSSR count). The third-order valence-electron chi connectivity index (χ3n) is 10.4. The fourth-order valence-electron chi connectivity index (χ4n) is 7.85. The van der Waals surface area contributed by atoms with Crippen LogP contribution in [0, 0.1) is 0 Å². The number of anilines is 3. The molecule has 0 aliphatic heterocycles. The van der Waals surface area contributed by atoms with E-state index in [4.69, 9.17) is 0 Å². The fourth-order valence-corrected chi connectivity index (χ4v) is 7.85. The molecule has 0 amide bonds. The minimum atomic E-state index is 1.08. The van der Waals surface area contributed by atoms with Crippen LogP contribution in [-0.2, 0) is 6.42 Å². The molecule has 1 heteroatoms. The SMILES string of the molecule is C1=Cc2cc(-c3ccc(N(c4ccc(-c5ccccc5)cc4)c4ccc(-c5ccccc5)cc4)cc3)cc(C3=c4ccccc4=CCC3)c2CC1. The second-order valence-electron chi connectivity index (χ2n) is 13.5. The summed E-state index contributed by atoms with van der Waals surface area (Å²) < 4.78 is 0. The molecular weight excluding hydrogens is 615 g/mol. The van der Waals surface area contributed by atoms with Gasteiger partial charge >= 0.3 is 0 Å². The largest absolute Gasteiger partial charge is 0.311 e. The Balaban J connectivity index is 1.12. The number of benzene rings is 7. The molecule has 0 saturated heterocycles. The molecule has 0 unspecified atom stereocenters. The van der Waals surface area contributed by atoms with Gasteiger partial charge < -0.3 is 4.90 Å². The molecule has 7 aromatic carbocycles. The molecule has 7 aromatic rings. The molecule has 244 valence electrons. The monoisotopic (exact) mass is 653 g/mol. The minimum Gasteiger partial charge on any atom is -0.311 e. The van der Waals surface area contributed by atoms with Crippen LogP contribution in [0.5, 0.6) is 0 Å². The van der Waals surface area contributed by atoms with Gasteiger partial charge in [0.1, 0.15) is 0 Å². The zero-order valence-corrected chi connectivity index (χ0v) is 28.7. The number of hydrogen-bond acceptors (Lipinski definition) is 1. The van der Waals surface area contributed by atoms with Gasteiger partial charge in [0.15, 0.2) is 0 Å². The molecule has 0 aromatic heterocycles. The van der Waals surface area contributed by atoms with Crippen molar-refractivity contribution in [2.75, 3.05) is 4.90 Å². The molecule has 0 N–H and O–H groups in total. The first kappa shape index (κ1) is 30.8. The lowest BCUT2D eigenvalue weighted by molar-refractivity contribution is 0.970. The quantitative estimate of drug-likeness (QED) is 0.165. The van der Waals surface area contributed by atoms with Crippen LogP contribution >= 0.6 is 0 Å². The maximum atomic E-state index is 2.47. The predicted molar refractivity (Wildman–Crippen MR) is 217 cm³/mol. The van der Waals surface area contributed by atoms with Crippen LogP contribution in [-0.4, -0.2) is 0 Å². The van der Waals surface area contributed by atoms with E-state index in [2.05, 4.69) is 193 Å². The first-order valence-electron chi connectivity index (χ1n) is 18.1. The highest BCUT2D eigenvalue weighted by Crippen LogP contribution is 2.39. The molecule has 0 fully saturated rings. The topological polar surface area (TPSA) is 3.24 Å². The van der Waals surface area contributed by atoms with E-state index in [9.17, 15) is 0 Å². The Kier molecular flexibility index (Phi) is 8.24. The van der Waals surface area contributed by atoms with Crippen LogP contribution in [0.4, 0.5) is 17.1 Å². The Morgan fingerprint density at radius 2 is 0.922 bits per heavy atom. The molecule has 0 heterocycles. The highest BCUT2D eigenvalue weighted by atomic mass is 15.1. The molecule has 0 atom stereocenters. The number of hydrogen-bond donors (Lipinski definition) is 0. The van der Waals surface area contributed by atoms with Gasteiger partial charge in [0, 0.05) is 17.1 Å². The van der Waals surface area contributed by atoms with E-state index < -0.39 is 0 Å². The molecule has 0 spiro atoms. The number of fused-ring (bicyclic) bond motifs is 2. The second kappa shape index (κ2) is 13.6. The molecule has 0 bridgehead atoms. The van der Waals surface area contributed by atoms with Gasteiger partial charge in [-0.1, -0.05) is 140 Å². The average molecular weight is 654 g/mol. The Morgan fingerprint density at radius 1 is 0.412 bits per heavy atom. The smallest absolute Gasteiger partial charge is 0.0462 e. The first-order valence-corrected chi connectivity index (χ1v) is 18.1. The van der Waals surface area contributed by atoms with E-state index in [0.29, 0.717) is 0 Å². The van der Waals surface area contributed by atoms with Gasteiger partial charge in [-0.3, -0.25) is 0 Å². The van der Waals surface area contributed by atoms with Gasteiger partial charge in [0.2, 0.25) is 0 Å². The minimum absolute atomic E-state index is 1.08. The van der Waals surface area contributed by atoms with Crippen LogP contribution in [0.15, 0.2) is 176 Å². The first-order chi connectivity index (χ1) is 25.3. The van der Waals surface area contributed by atoms with Crippen molar-refractivity contribution >= 4 is 34.8 Å². The van der Waals surface area contributed by atoms with Crippen molar-refractivity contribution in [3.63, 3.8) is 0 Å². The molecule has 51 heavy (non-hydrogen) atoms. The predicted octanol–water partition coefficient (Wildman–Crippen LogP) is 11.9. The summed E-state index contributed by atoms with van der Waals surface area (Å²) >= 11 is 0. The standard InChI is InChI=1S/C50H39N/c1-3-12-36(13-4-1)38-22-28-44(29-23-38)51(45-30-24-39(25-31-45)37-14-5-2-6-15-37)46-32-26-40(27-33-46)43-34-42-17-8-10-20-48(42)50(35-43)49-21-11-18-41-16-7-9-19-47(41)49/h1-9,12-19,22-35H,10-11,20-21H2. The highest BCUT2D eigenvalue weighted by Gasteiger charge is 2.19.